The molecule has 70 heavy (non-hydrogen) atoms. The molecule has 0 saturated carbocycles. The van der Waals surface area contributed by atoms with E-state index in [0.29, 0.717) is 13.0 Å². The molecule has 0 aromatic heterocycles. The minimum atomic E-state index is -5.06. The summed E-state index contributed by atoms with van der Waals surface area (Å²) in [6, 6.07) is 0. The van der Waals surface area contributed by atoms with Crippen LogP contribution in [0.3, 0.4) is 0 Å². The Morgan fingerprint density at radius 3 is 1.14 bits per heavy atom. The monoisotopic (exact) mass is 1020 g/mol. The van der Waals surface area contributed by atoms with Gasteiger partial charge in [0.15, 0.2) is 6.29 Å². The van der Waals surface area contributed by atoms with Crippen LogP contribution in [0.25, 0.3) is 0 Å². The van der Waals surface area contributed by atoms with Crippen LogP contribution in [0.4, 0.5) is 0 Å². The molecular formula is C57H112O12S. The highest BCUT2D eigenvalue weighted by atomic mass is 32.3. The van der Waals surface area contributed by atoms with Crippen LogP contribution in [0.5, 0.6) is 0 Å². The maximum atomic E-state index is 13.0. The SMILES string of the molecule is CCCCCCCCCCCCCCCCCCCCCCCCCCCC(=O)OC(COCCCCCCCCCCCCCCCCCCCC)COC1OC(CO)C(O)C(OS(=O)(=O)O)C1O. The van der Waals surface area contributed by atoms with Gasteiger partial charge < -0.3 is 34.3 Å². The van der Waals surface area contributed by atoms with Crippen LogP contribution in [0.1, 0.15) is 296 Å². The van der Waals surface area contributed by atoms with Crippen molar-refractivity contribution in [2.24, 2.45) is 0 Å². The number of ether oxygens (including phenoxy) is 4. The van der Waals surface area contributed by atoms with E-state index in [9.17, 15) is 33.1 Å². The van der Waals surface area contributed by atoms with Gasteiger partial charge in [0.2, 0.25) is 0 Å². The largest absolute Gasteiger partial charge is 0.457 e. The average Bonchev–Trinajstić information content (AvgIpc) is 3.34. The van der Waals surface area contributed by atoms with Crippen LogP contribution in [0.2, 0.25) is 0 Å². The average molecular weight is 1020 g/mol. The van der Waals surface area contributed by atoms with Crippen LogP contribution in [-0.2, 0) is 38.3 Å². The molecule has 0 aromatic rings. The number of aliphatic hydroxyl groups excluding tert-OH is 3. The Bertz CT molecular complexity index is 1220. The van der Waals surface area contributed by atoms with Crippen molar-refractivity contribution in [3.8, 4) is 0 Å². The lowest BCUT2D eigenvalue weighted by Crippen LogP contribution is -2.60. The van der Waals surface area contributed by atoms with E-state index in [1.165, 1.54) is 231 Å². The van der Waals surface area contributed by atoms with E-state index < -0.39 is 53.8 Å². The van der Waals surface area contributed by atoms with Gasteiger partial charge in [-0.25, -0.2) is 4.18 Å². The third kappa shape index (κ3) is 41.5. The molecule has 0 aromatic carbocycles. The number of hydrogen-bond acceptors (Lipinski definition) is 11. The van der Waals surface area contributed by atoms with Gasteiger partial charge in [-0.1, -0.05) is 277 Å². The highest BCUT2D eigenvalue weighted by molar-refractivity contribution is 7.80. The predicted octanol–water partition coefficient (Wildman–Crippen LogP) is 14.8. The summed E-state index contributed by atoms with van der Waals surface area (Å²) >= 11 is 0. The quantitative estimate of drug-likeness (QED) is 0.0258. The van der Waals surface area contributed by atoms with E-state index >= 15 is 0 Å². The number of aliphatic hydroxyl groups is 3. The maximum Gasteiger partial charge on any atom is 0.397 e. The first-order valence-corrected chi connectivity index (χ1v) is 31.2. The molecular weight excluding hydrogens is 909 g/mol. The molecule has 0 bridgehead atoms. The summed E-state index contributed by atoms with van der Waals surface area (Å²) in [5, 5.41) is 30.8. The minimum Gasteiger partial charge on any atom is -0.457 e. The molecule has 0 radical (unpaired) electrons. The topological polar surface area (TPSA) is 178 Å². The normalized spacial score (nSPS) is 19.0. The van der Waals surface area contributed by atoms with Crippen molar-refractivity contribution in [2.45, 2.75) is 333 Å². The number of esters is 1. The fraction of sp³-hybridized carbons (Fsp3) is 0.982. The Morgan fingerprint density at radius 2 is 0.814 bits per heavy atom. The summed E-state index contributed by atoms with van der Waals surface area (Å²) in [5.41, 5.74) is 0. The van der Waals surface area contributed by atoms with Gasteiger partial charge in [-0.05, 0) is 12.8 Å². The van der Waals surface area contributed by atoms with Crippen molar-refractivity contribution in [1.29, 1.82) is 0 Å². The zero-order chi connectivity index (χ0) is 51.0. The lowest BCUT2D eigenvalue weighted by Gasteiger charge is -2.41. The van der Waals surface area contributed by atoms with E-state index in [2.05, 4.69) is 18.0 Å². The zero-order valence-corrected chi connectivity index (χ0v) is 46.2. The van der Waals surface area contributed by atoms with Crippen LogP contribution in [0.15, 0.2) is 0 Å². The van der Waals surface area contributed by atoms with Crippen LogP contribution in [-0.4, -0.2) is 97.5 Å². The molecule has 4 N–H and O–H groups in total. The highest BCUT2D eigenvalue weighted by Crippen LogP contribution is 2.26. The fourth-order valence-electron chi connectivity index (χ4n) is 9.74. The van der Waals surface area contributed by atoms with Crippen LogP contribution in [0, 0.1) is 0 Å². The lowest BCUT2D eigenvalue weighted by atomic mass is 9.99. The van der Waals surface area contributed by atoms with Gasteiger partial charge in [0.1, 0.15) is 30.5 Å². The minimum absolute atomic E-state index is 0.0456. The summed E-state index contributed by atoms with van der Waals surface area (Å²) in [7, 11) is -5.06. The third-order valence-electron chi connectivity index (χ3n) is 14.2. The van der Waals surface area contributed by atoms with Crippen LogP contribution >= 0.6 is 0 Å². The molecule has 418 valence electrons. The zero-order valence-electron chi connectivity index (χ0n) is 45.4. The van der Waals surface area contributed by atoms with E-state index in [-0.39, 0.29) is 25.6 Å². The number of hydrogen-bond donors (Lipinski definition) is 4. The lowest BCUT2D eigenvalue weighted by molar-refractivity contribution is -0.301. The standard InChI is InChI=1S/C57H112O12S/c1-3-5-7-9-11-13-15-17-19-21-23-24-25-26-27-28-29-30-32-34-36-38-40-42-44-46-53(59)67-51(50-66-57-55(61)56(69-70(62,63)64)54(60)52(48-58)68-57)49-65-47-45-43-41-39-37-35-33-31-22-20-18-16-14-12-10-8-6-4-2/h51-52,54-58,60-61H,3-50H2,1-2H3,(H,62,63,64). The van der Waals surface area contributed by atoms with E-state index in [4.69, 9.17) is 18.9 Å². The molecule has 1 rings (SSSR count). The molecule has 12 nitrogen and oxygen atoms in total. The van der Waals surface area contributed by atoms with Gasteiger partial charge in [0.05, 0.1) is 19.8 Å². The summed E-state index contributed by atoms with van der Waals surface area (Å²) < 4.78 is 59.5. The second-order valence-corrected chi connectivity index (χ2v) is 22.0. The van der Waals surface area contributed by atoms with E-state index in [1.54, 1.807) is 0 Å². The van der Waals surface area contributed by atoms with Gasteiger partial charge in [-0.2, -0.15) is 8.42 Å². The number of carbonyl (C=O) groups excluding carboxylic acids is 1. The first kappa shape index (κ1) is 67.1. The van der Waals surface area contributed by atoms with Gasteiger partial charge >= 0.3 is 16.4 Å². The molecule has 0 spiro atoms. The van der Waals surface area contributed by atoms with Crippen molar-refractivity contribution in [2.75, 3.05) is 26.4 Å². The molecule has 1 fully saturated rings. The van der Waals surface area contributed by atoms with Crippen molar-refractivity contribution < 1.29 is 56.2 Å². The van der Waals surface area contributed by atoms with Crippen molar-refractivity contribution in [3.63, 3.8) is 0 Å². The number of carbonyl (C=O) groups is 1. The first-order valence-electron chi connectivity index (χ1n) is 29.8. The number of unbranched alkanes of at least 4 members (excludes halogenated alkanes) is 41. The van der Waals surface area contributed by atoms with Crippen LogP contribution < -0.4 is 0 Å². The van der Waals surface area contributed by atoms with Gasteiger partial charge in [0, 0.05) is 13.0 Å². The molecule has 0 aliphatic carbocycles. The molecule has 6 unspecified atom stereocenters. The van der Waals surface area contributed by atoms with Crippen molar-refractivity contribution in [3.05, 3.63) is 0 Å². The second-order valence-electron chi connectivity index (χ2n) is 21.0. The molecule has 13 heteroatoms. The molecule has 0 amide bonds. The molecule has 1 heterocycles. The molecule has 6 atom stereocenters. The van der Waals surface area contributed by atoms with Gasteiger partial charge in [0.25, 0.3) is 0 Å². The molecule has 1 aliphatic rings. The summed E-state index contributed by atoms with van der Waals surface area (Å²) in [4.78, 5) is 13.0. The van der Waals surface area contributed by atoms with Gasteiger partial charge in [-0.3, -0.25) is 9.35 Å². The Balaban J connectivity index is 2.25. The predicted molar refractivity (Wildman–Crippen MR) is 285 cm³/mol. The summed E-state index contributed by atoms with van der Waals surface area (Å²) in [6.45, 7) is 4.08. The first-order chi connectivity index (χ1) is 34.1. The second kappa shape index (κ2) is 49.0. The third-order valence-corrected chi connectivity index (χ3v) is 14.7. The summed E-state index contributed by atoms with van der Waals surface area (Å²) in [6.07, 6.45) is 47.2. The molecule has 1 aliphatic heterocycles. The Labute approximate surface area is 430 Å². The van der Waals surface area contributed by atoms with E-state index in [0.717, 1.165) is 38.5 Å². The Kier molecular flexibility index (Phi) is 47.0. The van der Waals surface area contributed by atoms with Gasteiger partial charge in [-0.15, -0.1) is 0 Å². The molecule has 1 saturated heterocycles. The smallest absolute Gasteiger partial charge is 0.397 e. The number of rotatable bonds is 54. The highest BCUT2D eigenvalue weighted by Gasteiger charge is 2.48. The summed E-state index contributed by atoms with van der Waals surface area (Å²) in [5.74, 6) is -0.388. The van der Waals surface area contributed by atoms with Crippen molar-refractivity contribution in [1.82, 2.24) is 0 Å². The van der Waals surface area contributed by atoms with E-state index in [1.807, 2.05) is 0 Å². The van der Waals surface area contributed by atoms with Crippen molar-refractivity contribution >= 4 is 16.4 Å². The fourth-order valence-corrected chi connectivity index (χ4v) is 10.2. The Hall–Kier alpha value is -0.900. The Morgan fingerprint density at radius 1 is 0.486 bits per heavy atom. The maximum absolute atomic E-state index is 13.0.